The summed E-state index contributed by atoms with van der Waals surface area (Å²) in [4.78, 5) is 12.8. The van der Waals surface area contributed by atoms with Crippen LogP contribution in [0, 0.1) is 38.5 Å². The van der Waals surface area contributed by atoms with Gasteiger partial charge in [-0.15, -0.1) is 0 Å². The van der Waals surface area contributed by atoms with Crippen molar-refractivity contribution in [1.82, 2.24) is 0 Å². The highest BCUT2D eigenvalue weighted by molar-refractivity contribution is 14.1. The maximum atomic E-state index is 14.2. The van der Waals surface area contributed by atoms with E-state index >= 15 is 0 Å². The molecule has 3 aromatic rings. The number of hydrazone groups is 1. The summed E-state index contributed by atoms with van der Waals surface area (Å²) in [5, 5.41) is 3.85. The van der Waals surface area contributed by atoms with Gasteiger partial charge in [0.1, 0.15) is 23.9 Å². The molecule has 1 aliphatic heterocycles. The molecule has 11 heteroatoms. The fourth-order valence-electron chi connectivity index (χ4n) is 3.29. The number of ether oxygens (including phenoxy) is 1. The Labute approximate surface area is 208 Å². The zero-order valence-electron chi connectivity index (χ0n) is 17.7. The maximum absolute atomic E-state index is 14.2. The summed E-state index contributed by atoms with van der Waals surface area (Å²) in [6.07, 6.45) is 1.37. The highest BCUT2D eigenvalue weighted by Gasteiger charge is 2.37. The van der Waals surface area contributed by atoms with E-state index < -0.39 is 40.7 Å². The minimum absolute atomic E-state index is 0.0142. The molecule has 0 N–H and O–H groups in total. The molecule has 0 fully saturated rings. The standard InChI is InChI=1S/C24H13F6IN2O2/c1-11-15(24(34)33(32-11)23-21(29)19(27)18(26)20(28)22(23)30)8-12-5-6-17(16(31)9-12)35-10-13-3-2-4-14(25)7-13/h2-9H,10H2,1H3/b15-8+. The first-order valence-corrected chi connectivity index (χ1v) is 11.0. The van der Waals surface area contributed by atoms with Crippen LogP contribution < -0.4 is 9.75 Å². The lowest BCUT2D eigenvalue weighted by molar-refractivity contribution is -0.114. The Balaban J connectivity index is 1.59. The number of carbonyl (C=O) groups excluding carboxylic acids is 1. The Morgan fingerprint density at radius 1 is 0.943 bits per heavy atom. The van der Waals surface area contributed by atoms with Gasteiger partial charge in [-0.05, 0) is 71.0 Å². The molecule has 180 valence electrons. The van der Waals surface area contributed by atoms with E-state index in [2.05, 4.69) is 5.10 Å². The number of halogens is 7. The average Bonchev–Trinajstić information content (AvgIpc) is 3.09. The summed E-state index contributed by atoms with van der Waals surface area (Å²) < 4.78 is 88.6. The van der Waals surface area contributed by atoms with E-state index in [1.807, 2.05) is 22.6 Å². The molecule has 1 aliphatic rings. The van der Waals surface area contributed by atoms with Gasteiger partial charge in [0.15, 0.2) is 23.3 Å². The third-order valence-electron chi connectivity index (χ3n) is 5.01. The summed E-state index contributed by atoms with van der Waals surface area (Å²) in [5.41, 5.74) is -0.420. The van der Waals surface area contributed by atoms with Crippen molar-refractivity contribution < 1.29 is 35.9 Å². The molecule has 0 saturated carbocycles. The van der Waals surface area contributed by atoms with Gasteiger partial charge in [-0.3, -0.25) is 4.79 Å². The van der Waals surface area contributed by atoms with Crippen LogP contribution in [0.5, 0.6) is 5.75 Å². The highest BCUT2D eigenvalue weighted by atomic mass is 127. The van der Waals surface area contributed by atoms with E-state index in [0.29, 0.717) is 20.4 Å². The summed E-state index contributed by atoms with van der Waals surface area (Å²) in [6.45, 7) is 1.48. The summed E-state index contributed by atoms with van der Waals surface area (Å²) in [7, 11) is 0. The molecule has 0 spiro atoms. The number of rotatable bonds is 5. The number of hydrogen-bond acceptors (Lipinski definition) is 3. The van der Waals surface area contributed by atoms with Crippen molar-refractivity contribution >= 4 is 46.0 Å². The normalized spacial score (nSPS) is 14.6. The van der Waals surface area contributed by atoms with Crippen molar-refractivity contribution in [2.75, 3.05) is 5.01 Å². The first kappa shape index (κ1) is 24.8. The predicted molar refractivity (Wildman–Crippen MR) is 125 cm³/mol. The van der Waals surface area contributed by atoms with Crippen molar-refractivity contribution in [2.24, 2.45) is 5.10 Å². The maximum Gasteiger partial charge on any atom is 0.280 e. The second-order valence-electron chi connectivity index (χ2n) is 7.39. The second kappa shape index (κ2) is 9.72. The minimum atomic E-state index is -2.33. The lowest BCUT2D eigenvalue weighted by Gasteiger charge is -2.15. The smallest absolute Gasteiger partial charge is 0.280 e. The van der Waals surface area contributed by atoms with Crippen LogP contribution in [-0.4, -0.2) is 11.6 Å². The van der Waals surface area contributed by atoms with Gasteiger partial charge in [0.25, 0.3) is 5.91 Å². The predicted octanol–water partition coefficient (Wildman–Crippen LogP) is 6.51. The minimum Gasteiger partial charge on any atom is -0.488 e. The van der Waals surface area contributed by atoms with Crippen molar-refractivity contribution in [3.63, 3.8) is 0 Å². The zero-order valence-corrected chi connectivity index (χ0v) is 19.8. The molecule has 3 aromatic carbocycles. The molecule has 0 bridgehead atoms. The van der Waals surface area contributed by atoms with Crippen molar-refractivity contribution in [2.45, 2.75) is 13.5 Å². The molecule has 0 atom stereocenters. The van der Waals surface area contributed by atoms with Gasteiger partial charge in [0.05, 0.1) is 14.9 Å². The molecule has 35 heavy (non-hydrogen) atoms. The second-order valence-corrected chi connectivity index (χ2v) is 8.55. The number of nitrogens with zero attached hydrogens (tertiary/aromatic N) is 2. The monoisotopic (exact) mass is 602 g/mol. The SMILES string of the molecule is CC1=NN(c2c(F)c(F)c(F)c(F)c2F)C(=O)/C1=C/c1ccc(OCc2cccc(F)c2)c(I)c1. The molecule has 4 rings (SSSR count). The lowest BCUT2D eigenvalue weighted by atomic mass is 10.1. The Morgan fingerprint density at radius 2 is 1.60 bits per heavy atom. The van der Waals surface area contributed by atoms with Crippen molar-refractivity contribution in [3.05, 3.63) is 97.6 Å². The Hall–Kier alpha value is -3.35. The quantitative estimate of drug-likeness (QED) is 0.110. The first-order valence-electron chi connectivity index (χ1n) is 9.88. The molecule has 0 radical (unpaired) electrons. The summed E-state index contributed by atoms with van der Waals surface area (Å²) in [6, 6.07) is 10.8. The van der Waals surface area contributed by atoms with Crippen LogP contribution in [0.1, 0.15) is 18.1 Å². The third kappa shape index (κ3) is 4.77. The summed E-state index contributed by atoms with van der Waals surface area (Å²) in [5.74, 6) is -12.0. The van der Waals surface area contributed by atoms with Gasteiger partial charge in [-0.1, -0.05) is 18.2 Å². The molecule has 1 amide bonds. The van der Waals surface area contributed by atoms with Gasteiger partial charge < -0.3 is 4.74 Å². The van der Waals surface area contributed by atoms with E-state index in [9.17, 15) is 31.1 Å². The van der Waals surface area contributed by atoms with Crippen LogP contribution in [-0.2, 0) is 11.4 Å². The van der Waals surface area contributed by atoms with Crippen LogP contribution in [0.25, 0.3) is 6.08 Å². The molecular formula is C24H13F6IN2O2. The largest absolute Gasteiger partial charge is 0.488 e. The molecule has 0 saturated heterocycles. The fraction of sp³-hybridized carbons (Fsp3) is 0.0833. The van der Waals surface area contributed by atoms with Gasteiger partial charge in [0.2, 0.25) is 5.82 Å². The van der Waals surface area contributed by atoms with Crippen LogP contribution in [0.2, 0.25) is 0 Å². The Morgan fingerprint density at radius 3 is 2.23 bits per heavy atom. The number of anilines is 1. The Bertz CT molecular complexity index is 1390. The average molecular weight is 602 g/mol. The first-order chi connectivity index (χ1) is 16.6. The van der Waals surface area contributed by atoms with Crippen LogP contribution in [0.15, 0.2) is 53.1 Å². The molecular weight excluding hydrogens is 589 g/mol. The molecule has 4 nitrogen and oxygen atoms in total. The number of carbonyl (C=O) groups is 1. The van der Waals surface area contributed by atoms with E-state index in [0.717, 1.165) is 0 Å². The van der Waals surface area contributed by atoms with Crippen LogP contribution in [0.4, 0.5) is 32.0 Å². The third-order valence-corrected chi connectivity index (χ3v) is 5.85. The van der Waals surface area contributed by atoms with Crippen LogP contribution in [0.3, 0.4) is 0 Å². The topological polar surface area (TPSA) is 41.9 Å². The van der Waals surface area contributed by atoms with E-state index in [4.69, 9.17) is 4.74 Å². The lowest BCUT2D eigenvalue weighted by Crippen LogP contribution is -2.25. The molecule has 0 unspecified atom stereocenters. The van der Waals surface area contributed by atoms with Gasteiger partial charge in [0, 0.05) is 0 Å². The van der Waals surface area contributed by atoms with Gasteiger partial charge in [-0.2, -0.15) is 10.1 Å². The molecule has 0 aromatic heterocycles. The molecule has 1 heterocycles. The van der Waals surface area contributed by atoms with Crippen molar-refractivity contribution in [1.29, 1.82) is 0 Å². The van der Waals surface area contributed by atoms with Gasteiger partial charge >= 0.3 is 0 Å². The summed E-state index contributed by atoms with van der Waals surface area (Å²) >= 11 is 1.99. The fourth-order valence-corrected chi connectivity index (χ4v) is 3.99. The van der Waals surface area contributed by atoms with Crippen LogP contribution >= 0.6 is 22.6 Å². The van der Waals surface area contributed by atoms with Gasteiger partial charge in [-0.25, -0.2) is 26.3 Å². The van der Waals surface area contributed by atoms with E-state index in [-0.39, 0.29) is 28.7 Å². The van der Waals surface area contributed by atoms with Crippen molar-refractivity contribution in [3.8, 4) is 5.75 Å². The highest BCUT2D eigenvalue weighted by Crippen LogP contribution is 2.34. The number of benzene rings is 3. The number of hydrogen-bond donors (Lipinski definition) is 0. The molecule has 0 aliphatic carbocycles. The Kier molecular flexibility index (Phi) is 6.88. The number of amides is 1. The zero-order chi connectivity index (χ0) is 25.4. The van der Waals surface area contributed by atoms with E-state index in [1.165, 1.54) is 25.1 Å². The van der Waals surface area contributed by atoms with E-state index in [1.54, 1.807) is 30.3 Å².